The van der Waals surface area contributed by atoms with Crippen LogP contribution in [0.25, 0.3) is 11.4 Å². The third-order valence-corrected chi connectivity index (χ3v) is 4.98. The zero-order chi connectivity index (χ0) is 17.9. The van der Waals surface area contributed by atoms with Gasteiger partial charge >= 0.3 is 0 Å². The Morgan fingerprint density at radius 3 is 2.88 bits per heavy atom. The molecule has 1 aliphatic carbocycles. The molecule has 1 amide bonds. The molecule has 2 heterocycles. The topological polar surface area (TPSA) is 59.2 Å². The zero-order valence-corrected chi connectivity index (χ0v) is 14.8. The Bertz CT molecular complexity index is 904. The molecular weight excluding hydrogens is 326 g/mol. The molecule has 0 bridgehead atoms. The summed E-state index contributed by atoms with van der Waals surface area (Å²) >= 11 is 0. The van der Waals surface area contributed by atoms with Gasteiger partial charge in [0.25, 0.3) is 0 Å². The molecule has 2 aromatic heterocycles. The quantitative estimate of drug-likeness (QED) is 0.704. The number of nitrogens with zero attached hydrogens (tertiary/aromatic N) is 3. The molecule has 132 valence electrons. The highest BCUT2D eigenvalue weighted by atomic mass is 16.5. The average Bonchev–Trinajstić information content (AvgIpc) is 3.30. The number of amides is 1. The molecule has 1 aromatic carbocycles. The Labute approximate surface area is 152 Å². The number of rotatable bonds is 5. The number of carbonyl (C=O) groups is 1. The second kappa shape index (κ2) is 7.12. The molecule has 0 saturated carbocycles. The first-order valence-electron chi connectivity index (χ1n) is 8.89. The van der Waals surface area contributed by atoms with E-state index in [2.05, 4.69) is 34.4 Å². The van der Waals surface area contributed by atoms with Crippen LogP contribution in [0.4, 0.5) is 0 Å². The van der Waals surface area contributed by atoms with Crippen LogP contribution < -0.4 is 0 Å². The van der Waals surface area contributed by atoms with Crippen molar-refractivity contribution in [2.45, 2.75) is 31.7 Å². The van der Waals surface area contributed by atoms with Crippen LogP contribution in [-0.2, 0) is 17.8 Å². The smallest absolute Gasteiger partial charge is 0.223 e. The van der Waals surface area contributed by atoms with E-state index < -0.39 is 0 Å². The van der Waals surface area contributed by atoms with Crippen LogP contribution in [-0.4, -0.2) is 28.0 Å². The van der Waals surface area contributed by atoms with Gasteiger partial charge in [-0.15, -0.1) is 0 Å². The summed E-state index contributed by atoms with van der Waals surface area (Å²) in [6, 6.07) is 15.9. The molecule has 4 rings (SSSR count). The third kappa shape index (κ3) is 3.38. The summed E-state index contributed by atoms with van der Waals surface area (Å²) in [6.45, 7) is 0.410. The fourth-order valence-corrected chi connectivity index (χ4v) is 3.57. The number of benzene rings is 1. The van der Waals surface area contributed by atoms with Gasteiger partial charge in [0.15, 0.2) is 5.76 Å². The fourth-order valence-electron chi connectivity index (χ4n) is 3.57. The van der Waals surface area contributed by atoms with Crippen molar-refractivity contribution >= 4 is 5.91 Å². The second-order valence-corrected chi connectivity index (χ2v) is 6.78. The van der Waals surface area contributed by atoms with Crippen molar-refractivity contribution in [1.29, 1.82) is 0 Å². The van der Waals surface area contributed by atoms with E-state index in [1.54, 1.807) is 11.1 Å². The summed E-state index contributed by atoms with van der Waals surface area (Å²) < 4.78 is 5.38. The molecule has 3 aromatic rings. The van der Waals surface area contributed by atoms with E-state index in [-0.39, 0.29) is 5.91 Å². The van der Waals surface area contributed by atoms with Gasteiger partial charge in [-0.1, -0.05) is 35.5 Å². The maximum Gasteiger partial charge on any atom is 0.223 e. The van der Waals surface area contributed by atoms with Crippen molar-refractivity contribution in [1.82, 2.24) is 15.0 Å². The number of fused-ring (bicyclic) bond motifs is 1. The van der Waals surface area contributed by atoms with Gasteiger partial charge in [0, 0.05) is 25.7 Å². The molecular formula is C21H21N3O2. The van der Waals surface area contributed by atoms with E-state index in [9.17, 15) is 4.79 Å². The van der Waals surface area contributed by atoms with Gasteiger partial charge in [-0.2, -0.15) is 0 Å². The van der Waals surface area contributed by atoms with E-state index in [1.807, 2.05) is 31.3 Å². The van der Waals surface area contributed by atoms with Crippen LogP contribution in [0, 0.1) is 0 Å². The second-order valence-electron chi connectivity index (χ2n) is 6.78. The van der Waals surface area contributed by atoms with Crippen LogP contribution in [0.5, 0.6) is 0 Å². The first-order valence-corrected chi connectivity index (χ1v) is 8.89. The Morgan fingerprint density at radius 1 is 1.19 bits per heavy atom. The van der Waals surface area contributed by atoms with Crippen molar-refractivity contribution in [2.24, 2.45) is 0 Å². The number of aryl methyl sites for hydroxylation is 1. The fraction of sp³-hybridized carbons (Fsp3) is 0.286. The molecule has 0 fully saturated rings. The Hall–Kier alpha value is -2.95. The molecule has 1 atom stereocenters. The van der Waals surface area contributed by atoms with Crippen LogP contribution in [0.1, 0.15) is 35.6 Å². The summed E-state index contributed by atoms with van der Waals surface area (Å²) in [5.74, 6) is 1.11. The van der Waals surface area contributed by atoms with Gasteiger partial charge in [-0.05, 0) is 42.0 Å². The largest absolute Gasteiger partial charge is 0.359 e. The summed E-state index contributed by atoms with van der Waals surface area (Å²) in [5, 5.41) is 4.06. The maximum absolute atomic E-state index is 12.6. The molecule has 1 aliphatic rings. The number of hydrogen-bond donors (Lipinski definition) is 0. The van der Waals surface area contributed by atoms with Crippen LogP contribution in [0.2, 0.25) is 0 Å². The lowest BCUT2D eigenvalue weighted by Crippen LogP contribution is -2.27. The van der Waals surface area contributed by atoms with E-state index >= 15 is 0 Å². The van der Waals surface area contributed by atoms with Crippen LogP contribution in [0.15, 0.2) is 59.3 Å². The van der Waals surface area contributed by atoms with Crippen molar-refractivity contribution in [3.05, 3.63) is 71.6 Å². The minimum absolute atomic E-state index is 0.127. The van der Waals surface area contributed by atoms with Gasteiger partial charge in [-0.3, -0.25) is 9.78 Å². The van der Waals surface area contributed by atoms with Crippen molar-refractivity contribution in [3.63, 3.8) is 0 Å². The molecule has 0 N–H and O–H groups in total. The molecule has 0 radical (unpaired) electrons. The van der Waals surface area contributed by atoms with Gasteiger partial charge in [0.05, 0.1) is 12.2 Å². The molecule has 5 heteroatoms. The molecule has 26 heavy (non-hydrogen) atoms. The molecule has 0 saturated heterocycles. The Morgan fingerprint density at radius 2 is 2.04 bits per heavy atom. The maximum atomic E-state index is 12.6. The highest BCUT2D eigenvalue weighted by molar-refractivity contribution is 5.77. The number of carbonyl (C=O) groups excluding carboxylic acids is 1. The lowest BCUT2D eigenvalue weighted by atomic mass is 9.97. The molecule has 0 spiro atoms. The predicted octanol–water partition coefficient (Wildman–Crippen LogP) is 3.82. The first-order chi connectivity index (χ1) is 12.7. The monoisotopic (exact) mass is 347 g/mol. The SMILES string of the molecule is CN(Cc1cc(-c2ccccn2)no1)C(=O)C[C@@H]1CCc2ccccc21. The number of pyridine rings is 1. The van der Waals surface area contributed by atoms with E-state index in [1.165, 1.54) is 11.1 Å². The minimum Gasteiger partial charge on any atom is -0.359 e. The van der Waals surface area contributed by atoms with Crippen LogP contribution in [0.3, 0.4) is 0 Å². The standard InChI is InChI=1S/C21H21N3O2/c1-24(14-17-13-20(23-26-17)19-8-4-5-11-22-19)21(25)12-16-10-9-15-6-2-3-7-18(15)16/h2-8,11,13,16H,9-10,12,14H2,1H3/t16-/m0/s1. The van der Waals surface area contributed by atoms with Gasteiger partial charge in [0.2, 0.25) is 5.91 Å². The van der Waals surface area contributed by atoms with Crippen molar-refractivity contribution in [2.75, 3.05) is 7.05 Å². The van der Waals surface area contributed by atoms with E-state index in [0.29, 0.717) is 30.3 Å². The van der Waals surface area contributed by atoms with E-state index in [4.69, 9.17) is 4.52 Å². The van der Waals surface area contributed by atoms with E-state index in [0.717, 1.165) is 18.5 Å². The lowest BCUT2D eigenvalue weighted by Gasteiger charge is -2.18. The van der Waals surface area contributed by atoms with Crippen molar-refractivity contribution in [3.8, 4) is 11.4 Å². The predicted molar refractivity (Wildman–Crippen MR) is 98.3 cm³/mol. The highest BCUT2D eigenvalue weighted by Crippen LogP contribution is 2.35. The summed E-state index contributed by atoms with van der Waals surface area (Å²) in [6.07, 6.45) is 4.37. The highest BCUT2D eigenvalue weighted by Gasteiger charge is 2.25. The zero-order valence-electron chi connectivity index (χ0n) is 14.8. The van der Waals surface area contributed by atoms with Crippen molar-refractivity contribution < 1.29 is 9.32 Å². The lowest BCUT2D eigenvalue weighted by molar-refractivity contribution is -0.131. The average molecular weight is 347 g/mol. The van der Waals surface area contributed by atoms with Crippen LogP contribution >= 0.6 is 0 Å². The normalized spacial score (nSPS) is 15.7. The Kier molecular flexibility index (Phi) is 4.52. The van der Waals surface area contributed by atoms with Gasteiger partial charge < -0.3 is 9.42 Å². The summed E-state index contributed by atoms with van der Waals surface area (Å²) in [4.78, 5) is 18.6. The molecule has 0 unspecified atom stereocenters. The molecule has 0 aliphatic heterocycles. The Balaban J connectivity index is 1.39. The summed E-state index contributed by atoms with van der Waals surface area (Å²) in [5.41, 5.74) is 4.15. The van der Waals surface area contributed by atoms with Gasteiger partial charge in [-0.25, -0.2) is 0 Å². The number of hydrogen-bond acceptors (Lipinski definition) is 4. The van der Waals surface area contributed by atoms with Gasteiger partial charge in [0.1, 0.15) is 5.69 Å². The minimum atomic E-state index is 0.127. The first kappa shape index (κ1) is 16.5. The summed E-state index contributed by atoms with van der Waals surface area (Å²) in [7, 11) is 1.81. The number of aromatic nitrogens is 2. The third-order valence-electron chi connectivity index (χ3n) is 4.98. The molecule has 5 nitrogen and oxygen atoms in total.